The summed E-state index contributed by atoms with van der Waals surface area (Å²) in [6.45, 7) is 0. The Hall–Kier alpha value is -3.08. The zero-order valence-electron chi connectivity index (χ0n) is 19.0. The molecular formula is C29H24Cl2N2O2. The molecule has 3 aromatic rings. The highest BCUT2D eigenvalue weighted by molar-refractivity contribution is 6.35. The summed E-state index contributed by atoms with van der Waals surface area (Å²) < 4.78 is 0. The van der Waals surface area contributed by atoms with E-state index in [1.807, 2.05) is 48.5 Å². The zero-order valence-corrected chi connectivity index (χ0v) is 20.5. The Morgan fingerprint density at radius 2 is 1.66 bits per heavy atom. The Morgan fingerprint density at radius 3 is 2.40 bits per heavy atom. The van der Waals surface area contributed by atoms with Crippen LogP contribution in [0.2, 0.25) is 10.0 Å². The first-order valence-electron chi connectivity index (χ1n) is 12.0. The molecular weight excluding hydrogens is 479 g/mol. The van der Waals surface area contributed by atoms with Crippen LogP contribution in [-0.4, -0.2) is 11.7 Å². The number of halogens is 2. The van der Waals surface area contributed by atoms with Crippen molar-refractivity contribution < 1.29 is 9.59 Å². The number of Topliss-reactive ketones (excluding diaryl/α,β-unsaturated/α-hetero) is 1. The van der Waals surface area contributed by atoms with Gasteiger partial charge in [-0.3, -0.25) is 14.5 Å². The summed E-state index contributed by atoms with van der Waals surface area (Å²) in [7, 11) is 0. The summed E-state index contributed by atoms with van der Waals surface area (Å²) in [6, 6.07) is 22.6. The van der Waals surface area contributed by atoms with Gasteiger partial charge < -0.3 is 5.32 Å². The average Bonchev–Trinajstić information content (AvgIpc) is 3.71. The number of carbonyl (C=O) groups excluding carboxylic acids is 2. The van der Waals surface area contributed by atoms with Crippen LogP contribution in [0.1, 0.15) is 48.8 Å². The van der Waals surface area contributed by atoms with Crippen LogP contribution in [-0.2, 0) is 9.59 Å². The molecule has 2 aliphatic carbocycles. The minimum absolute atomic E-state index is 0.0296. The number of hydrogen-bond donors (Lipinski definition) is 1. The second-order valence-electron chi connectivity index (χ2n) is 9.52. The minimum Gasteiger partial charge on any atom is -0.357 e. The Morgan fingerprint density at radius 1 is 0.914 bits per heavy atom. The number of amides is 1. The van der Waals surface area contributed by atoms with E-state index in [1.54, 1.807) is 17.0 Å². The molecule has 0 radical (unpaired) electrons. The highest BCUT2D eigenvalue weighted by Gasteiger charge is 2.45. The maximum atomic E-state index is 13.9. The standard InChI is InChI=1S/C29H24Cl2N2O2/c30-20-12-13-21(22(31)16-20)28-27-24(14-19(15-26(27)34)17-6-2-1-3-7-17)32-23-8-4-5-9-25(23)33(28)29(35)18-10-11-18/h1-9,12-13,16,18-19,28,32H,10-11,14-15H2/t19-,28+/m0/s1. The molecule has 0 spiro atoms. The average molecular weight is 503 g/mol. The number of allylic oxidation sites excluding steroid dienone is 1. The molecule has 1 aliphatic heterocycles. The monoisotopic (exact) mass is 502 g/mol. The van der Waals surface area contributed by atoms with Crippen LogP contribution in [0.15, 0.2) is 84.1 Å². The van der Waals surface area contributed by atoms with Gasteiger partial charge in [0.1, 0.15) is 0 Å². The molecule has 1 heterocycles. The third-order valence-corrected chi connectivity index (χ3v) is 7.74. The van der Waals surface area contributed by atoms with Gasteiger partial charge in [0.05, 0.1) is 17.4 Å². The van der Waals surface area contributed by atoms with Crippen molar-refractivity contribution in [3.8, 4) is 0 Å². The Labute approximate surface area is 214 Å². The number of hydrogen-bond acceptors (Lipinski definition) is 3. The normalized spacial score (nSPS) is 21.7. The Balaban J connectivity index is 1.57. The fourth-order valence-electron chi connectivity index (χ4n) is 5.34. The lowest BCUT2D eigenvalue weighted by Crippen LogP contribution is -2.39. The lowest BCUT2D eigenvalue weighted by molar-refractivity contribution is -0.120. The van der Waals surface area contributed by atoms with Gasteiger partial charge in [-0.25, -0.2) is 0 Å². The molecule has 176 valence electrons. The van der Waals surface area contributed by atoms with Gasteiger partial charge in [0, 0.05) is 33.7 Å². The largest absolute Gasteiger partial charge is 0.357 e. The van der Waals surface area contributed by atoms with Crippen LogP contribution in [0, 0.1) is 5.92 Å². The number of fused-ring (bicyclic) bond motifs is 1. The van der Waals surface area contributed by atoms with E-state index in [9.17, 15) is 9.59 Å². The molecule has 0 aromatic heterocycles. The number of ketones is 1. The molecule has 1 fully saturated rings. The van der Waals surface area contributed by atoms with E-state index < -0.39 is 6.04 Å². The van der Waals surface area contributed by atoms with Crippen LogP contribution in [0.3, 0.4) is 0 Å². The zero-order chi connectivity index (χ0) is 24.1. The van der Waals surface area contributed by atoms with Gasteiger partial charge in [-0.1, -0.05) is 71.7 Å². The number of rotatable bonds is 3. The van der Waals surface area contributed by atoms with Crippen molar-refractivity contribution in [3.05, 3.63) is 105 Å². The second-order valence-corrected chi connectivity index (χ2v) is 10.4. The fraction of sp³-hybridized carbons (Fsp3) is 0.241. The van der Waals surface area contributed by atoms with Gasteiger partial charge in [-0.15, -0.1) is 0 Å². The van der Waals surface area contributed by atoms with Gasteiger partial charge in [-0.05, 0) is 60.6 Å². The first kappa shape index (κ1) is 22.4. The topological polar surface area (TPSA) is 49.4 Å². The summed E-state index contributed by atoms with van der Waals surface area (Å²) in [5.41, 5.74) is 4.90. The molecule has 1 saturated carbocycles. The Kier molecular flexibility index (Phi) is 5.66. The number of anilines is 2. The Bertz CT molecular complexity index is 1360. The highest BCUT2D eigenvalue weighted by atomic mass is 35.5. The molecule has 2 atom stereocenters. The van der Waals surface area contributed by atoms with Gasteiger partial charge in [0.25, 0.3) is 0 Å². The van der Waals surface area contributed by atoms with E-state index in [1.165, 1.54) is 0 Å². The summed E-state index contributed by atoms with van der Waals surface area (Å²) in [5, 5.41) is 4.52. The first-order valence-corrected chi connectivity index (χ1v) is 12.7. The van der Waals surface area contributed by atoms with Crippen molar-refractivity contribution in [2.75, 3.05) is 10.2 Å². The number of para-hydroxylation sites is 2. The molecule has 3 aromatic carbocycles. The van der Waals surface area contributed by atoms with E-state index in [-0.39, 0.29) is 23.5 Å². The molecule has 4 nitrogen and oxygen atoms in total. The second kappa shape index (κ2) is 8.85. The number of nitrogens with one attached hydrogen (secondary N) is 1. The van der Waals surface area contributed by atoms with Crippen molar-refractivity contribution in [3.63, 3.8) is 0 Å². The van der Waals surface area contributed by atoms with E-state index in [4.69, 9.17) is 23.2 Å². The van der Waals surface area contributed by atoms with Crippen LogP contribution in [0.4, 0.5) is 11.4 Å². The van der Waals surface area contributed by atoms with Gasteiger partial charge in [0.15, 0.2) is 5.78 Å². The summed E-state index contributed by atoms with van der Waals surface area (Å²) >= 11 is 13.0. The third-order valence-electron chi connectivity index (χ3n) is 7.18. The summed E-state index contributed by atoms with van der Waals surface area (Å²) in [4.78, 5) is 29.5. The fourth-order valence-corrected chi connectivity index (χ4v) is 5.85. The molecule has 3 aliphatic rings. The molecule has 6 heteroatoms. The lowest BCUT2D eigenvalue weighted by atomic mass is 9.78. The number of carbonyl (C=O) groups is 2. The quantitative estimate of drug-likeness (QED) is 0.408. The van der Waals surface area contributed by atoms with Crippen molar-refractivity contribution in [1.82, 2.24) is 0 Å². The highest BCUT2D eigenvalue weighted by Crippen LogP contribution is 2.50. The van der Waals surface area contributed by atoms with Gasteiger partial charge in [0.2, 0.25) is 5.91 Å². The predicted octanol–water partition coefficient (Wildman–Crippen LogP) is 7.30. The molecule has 0 saturated heterocycles. The van der Waals surface area contributed by atoms with Crippen molar-refractivity contribution >= 4 is 46.3 Å². The van der Waals surface area contributed by atoms with E-state index in [0.29, 0.717) is 34.0 Å². The number of benzene rings is 3. The van der Waals surface area contributed by atoms with E-state index >= 15 is 0 Å². The smallest absolute Gasteiger partial charge is 0.231 e. The molecule has 1 N–H and O–H groups in total. The lowest BCUT2D eigenvalue weighted by Gasteiger charge is -2.35. The van der Waals surface area contributed by atoms with Crippen molar-refractivity contribution in [2.24, 2.45) is 5.92 Å². The van der Waals surface area contributed by atoms with Crippen LogP contribution >= 0.6 is 23.2 Å². The van der Waals surface area contributed by atoms with Crippen molar-refractivity contribution in [2.45, 2.75) is 37.6 Å². The summed E-state index contributed by atoms with van der Waals surface area (Å²) in [5.74, 6) is 0.0932. The van der Waals surface area contributed by atoms with Gasteiger partial charge in [-0.2, -0.15) is 0 Å². The maximum Gasteiger partial charge on any atom is 0.231 e. The SMILES string of the molecule is O=C1C[C@@H](c2ccccc2)CC2=C1[C@@H](c1ccc(Cl)cc1Cl)N(C(=O)C1CC1)c1ccccc1N2. The van der Waals surface area contributed by atoms with Crippen LogP contribution in [0.25, 0.3) is 0 Å². The maximum absolute atomic E-state index is 13.9. The van der Waals surface area contributed by atoms with E-state index in [2.05, 4.69) is 17.4 Å². The molecule has 0 bridgehead atoms. The summed E-state index contributed by atoms with van der Waals surface area (Å²) in [6.07, 6.45) is 2.78. The number of nitrogens with zero attached hydrogens (tertiary/aromatic N) is 1. The predicted molar refractivity (Wildman–Crippen MR) is 140 cm³/mol. The molecule has 0 unspecified atom stereocenters. The van der Waals surface area contributed by atoms with Crippen LogP contribution in [0.5, 0.6) is 0 Å². The molecule has 6 rings (SSSR count). The van der Waals surface area contributed by atoms with Crippen molar-refractivity contribution in [1.29, 1.82) is 0 Å². The van der Waals surface area contributed by atoms with E-state index in [0.717, 1.165) is 35.5 Å². The minimum atomic E-state index is -0.622. The van der Waals surface area contributed by atoms with Crippen LogP contribution < -0.4 is 10.2 Å². The molecule has 1 amide bonds. The third kappa shape index (κ3) is 4.05. The first-order chi connectivity index (χ1) is 17.0. The van der Waals surface area contributed by atoms with Gasteiger partial charge >= 0.3 is 0 Å². The molecule has 35 heavy (non-hydrogen) atoms.